The average molecular weight is 368 g/mol. The van der Waals surface area contributed by atoms with Crippen LogP contribution >= 0.6 is 0 Å². The predicted molar refractivity (Wildman–Crippen MR) is 105 cm³/mol. The summed E-state index contributed by atoms with van der Waals surface area (Å²) in [6.07, 6.45) is 3.84. The normalized spacial score (nSPS) is 10.6. The lowest BCUT2D eigenvalue weighted by Crippen LogP contribution is -2.01. The van der Waals surface area contributed by atoms with Crippen molar-refractivity contribution in [2.75, 3.05) is 26.6 Å². The van der Waals surface area contributed by atoms with E-state index in [0.717, 1.165) is 22.6 Å². The molecule has 0 spiro atoms. The van der Waals surface area contributed by atoms with E-state index in [9.17, 15) is 0 Å². The van der Waals surface area contributed by atoms with Gasteiger partial charge in [-0.25, -0.2) is 9.97 Å². The Balaban J connectivity index is 1.98. The molecule has 0 saturated heterocycles. The van der Waals surface area contributed by atoms with Crippen molar-refractivity contribution < 1.29 is 14.2 Å². The van der Waals surface area contributed by atoms with Crippen LogP contribution in [-0.4, -0.2) is 35.9 Å². The molecule has 3 rings (SSSR count). The van der Waals surface area contributed by atoms with Crippen molar-refractivity contribution in [3.63, 3.8) is 0 Å². The van der Waals surface area contributed by atoms with Crippen LogP contribution in [0.4, 0.5) is 11.6 Å². The summed E-state index contributed by atoms with van der Waals surface area (Å²) in [7, 11) is 6.77. The van der Waals surface area contributed by atoms with Crippen molar-refractivity contribution in [1.29, 1.82) is 0 Å². The first kappa shape index (κ1) is 18.6. The molecule has 0 saturated carbocycles. The van der Waals surface area contributed by atoms with Gasteiger partial charge in [0.1, 0.15) is 0 Å². The average Bonchev–Trinajstić information content (AvgIpc) is 2.92. The van der Waals surface area contributed by atoms with Crippen LogP contribution in [0.15, 0.2) is 30.6 Å². The standard InChI is InChI=1S/C20H24N4O3/c1-12-11-24(3)13(2)18(12)15-7-8-21-20(23-15)22-14-9-16(25-4)19(27-6)17(10-14)26-5/h7-11H,1-6H3,(H,21,22,23). The first-order valence-electron chi connectivity index (χ1n) is 8.51. The number of anilines is 2. The fourth-order valence-electron chi connectivity index (χ4n) is 3.14. The minimum atomic E-state index is 0.490. The summed E-state index contributed by atoms with van der Waals surface area (Å²) in [5, 5.41) is 3.22. The van der Waals surface area contributed by atoms with E-state index in [0.29, 0.717) is 23.2 Å². The van der Waals surface area contributed by atoms with Gasteiger partial charge in [-0.15, -0.1) is 0 Å². The lowest BCUT2D eigenvalue weighted by atomic mass is 10.1. The first-order valence-corrected chi connectivity index (χ1v) is 8.51. The van der Waals surface area contributed by atoms with Crippen molar-refractivity contribution in [3.8, 4) is 28.5 Å². The van der Waals surface area contributed by atoms with E-state index < -0.39 is 0 Å². The monoisotopic (exact) mass is 368 g/mol. The minimum Gasteiger partial charge on any atom is -0.493 e. The number of hydrogen-bond donors (Lipinski definition) is 1. The lowest BCUT2D eigenvalue weighted by molar-refractivity contribution is 0.324. The van der Waals surface area contributed by atoms with Gasteiger partial charge in [-0.05, 0) is 25.5 Å². The SMILES string of the molecule is COc1cc(Nc2nccc(-c3c(C)cn(C)c3C)n2)cc(OC)c1OC. The Morgan fingerprint density at radius 3 is 2.19 bits per heavy atom. The van der Waals surface area contributed by atoms with E-state index in [2.05, 4.69) is 39.9 Å². The Morgan fingerprint density at radius 1 is 1.00 bits per heavy atom. The lowest BCUT2D eigenvalue weighted by Gasteiger charge is -2.14. The number of nitrogens with zero attached hydrogens (tertiary/aromatic N) is 3. The van der Waals surface area contributed by atoms with Crippen LogP contribution in [0.2, 0.25) is 0 Å². The molecule has 2 aromatic heterocycles. The molecule has 0 radical (unpaired) electrons. The molecule has 0 amide bonds. The molecule has 0 atom stereocenters. The van der Waals surface area contributed by atoms with Gasteiger partial charge in [0.25, 0.3) is 0 Å². The second-order valence-corrected chi connectivity index (χ2v) is 6.19. The number of hydrogen-bond acceptors (Lipinski definition) is 6. The highest BCUT2D eigenvalue weighted by Gasteiger charge is 2.15. The van der Waals surface area contributed by atoms with Gasteiger partial charge < -0.3 is 24.1 Å². The largest absolute Gasteiger partial charge is 0.493 e. The third-order valence-electron chi connectivity index (χ3n) is 4.51. The molecule has 0 unspecified atom stereocenters. The molecule has 0 aliphatic heterocycles. The van der Waals surface area contributed by atoms with Crippen LogP contribution in [0.5, 0.6) is 17.2 Å². The van der Waals surface area contributed by atoms with Crippen molar-refractivity contribution in [1.82, 2.24) is 14.5 Å². The van der Waals surface area contributed by atoms with Crippen LogP contribution in [0, 0.1) is 13.8 Å². The van der Waals surface area contributed by atoms with Gasteiger partial charge in [0.05, 0.1) is 27.0 Å². The summed E-state index contributed by atoms with van der Waals surface area (Å²) in [6, 6.07) is 5.54. The molecule has 3 aromatic rings. The minimum absolute atomic E-state index is 0.490. The number of benzene rings is 1. The molecule has 0 fully saturated rings. The number of aromatic nitrogens is 3. The van der Waals surface area contributed by atoms with Crippen LogP contribution in [0.3, 0.4) is 0 Å². The first-order chi connectivity index (χ1) is 13.0. The molecular formula is C20H24N4O3. The number of rotatable bonds is 6. The molecule has 7 heteroatoms. The molecule has 142 valence electrons. The van der Waals surface area contributed by atoms with Crippen LogP contribution in [0.1, 0.15) is 11.3 Å². The van der Waals surface area contributed by atoms with E-state index >= 15 is 0 Å². The summed E-state index contributed by atoms with van der Waals surface area (Å²) in [5.74, 6) is 2.15. The molecule has 2 heterocycles. The predicted octanol–water partition coefficient (Wildman–Crippen LogP) is 3.87. The zero-order chi connectivity index (χ0) is 19.6. The highest BCUT2D eigenvalue weighted by Crippen LogP contribution is 2.40. The Labute approximate surface area is 158 Å². The maximum absolute atomic E-state index is 5.40. The smallest absolute Gasteiger partial charge is 0.227 e. The van der Waals surface area contributed by atoms with Gasteiger partial charge in [0.15, 0.2) is 11.5 Å². The topological polar surface area (TPSA) is 70.4 Å². The fourth-order valence-corrected chi connectivity index (χ4v) is 3.14. The van der Waals surface area contributed by atoms with Crippen molar-refractivity contribution >= 4 is 11.6 Å². The molecule has 0 bridgehead atoms. The highest BCUT2D eigenvalue weighted by atomic mass is 16.5. The second kappa shape index (κ2) is 7.57. The zero-order valence-corrected chi connectivity index (χ0v) is 16.5. The van der Waals surface area contributed by atoms with Gasteiger partial charge in [0, 0.05) is 48.5 Å². The highest BCUT2D eigenvalue weighted by molar-refractivity contribution is 5.69. The molecule has 0 aliphatic rings. The van der Waals surface area contributed by atoms with Crippen molar-refractivity contribution in [2.24, 2.45) is 7.05 Å². The van der Waals surface area contributed by atoms with Gasteiger partial charge >= 0.3 is 0 Å². The van der Waals surface area contributed by atoms with Crippen molar-refractivity contribution in [3.05, 3.63) is 41.9 Å². The van der Waals surface area contributed by atoms with Gasteiger partial charge in [-0.3, -0.25) is 0 Å². The Hall–Kier alpha value is -3.22. The summed E-state index contributed by atoms with van der Waals surface area (Å²) in [4.78, 5) is 9.02. The number of methoxy groups -OCH3 is 3. The quantitative estimate of drug-likeness (QED) is 0.712. The molecular weight excluding hydrogens is 344 g/mol. The second-order valence-electron chi connectivity index (χ2n) is 6.19. The Kier molecular flexibility index (Phi) is 5.21. The summed E-state index contributed by atoms with van der Waals surface area (Å²) >= 11 is 0. The summed E-state index contributed by atoms with van der Waals surface area (Å²) in [5.41, 5.74) is 5.06. The maximum atomic E-state index is 5.40. The Morgan fingerprint density at radius 2 is 1.67 bits per heavy atom. The molecule has 1 N–H and O–H groups in total. The van der Waals surface area contributed by atoms with E-state index in [1.54, 1.807) is 27.5 Å². The zero-order valence-electron chi connectivity index (χ0n) is 16.5. The number of aryl methyl sites for hydroxylation is 2. The third-order valence-corrected chi connectivity index (χ3v) is 4.51. The van der Waals surface area contributed by atoms with Crippen LogP contribution in [0.25, 0.3) is 11.3 Å². The van der Waals surface area contributed by atoms with E-state index in [1.807, 2.05) is 25.2 Å². The molecule has 0 aliphatic carbocycles. The molecule has 1 aromatic carbocycles. The van der Waals surface area contributed by atoms with Crippen molar-refractivity contribution in [2.45, 2.75) is 13.8 Å². The number of ether oxygens (including phenoxy) is 3. The number of nitrogens with one attached hydrogen (secondary N) is 1. The van der Waals surface area contributed by atoms with Gasteiger partial charge in [0.2, 0.25) is 11.7 Å². The third kappa shape index (κ3) is 3.53. The van der Waals surface area contributed by atoms with E-state index in [4.69, 9.17) is 14.2 Å². The Bertz CT molecular complexity index is 941. The maximum Gasteiger partial charge on any atom is 0.227 e. The van der Waals surface area contributed by atoms with E-state index in [1.165, 1.54) is 5.56 Å². The van der Waals surface area contributed by atoms with Crippen LogP contribution in [-0.2, 0) is 7.05 Å². The van der Waals surface area contributed by atoms with E-state index in [-0.39, 0.29) is 0 Å². The summed E-state index contributed by atoms with van der Waals surface area (Å²) < 4.78 is 18.2. The van der Waals surface area contributed by atoms with Gasteiger partial charge in [-0.1, -0.05) is 0 Å². The fraction of sp³-hybridized carbons (Fsp3) is 0.300. The van der Waals surface area contributed by atoms with Crippen LogP contribution < -0.4 is 19.5 Å². The molecule has 27 heavy (non-hydrogen) atoms. The molecule has 7 nitrogen and oxygen atoms in total. The summed E-state index contributed by atoms with van der Waals surface area (Å²) in [6.45, 7) is 4.16. The van der Waals surface area contributed by atoms with Gasteiger partial charge in [-0.2, -0.15) is 0 Å².